The summed E-state index contributed by atoms with van der Waals surface area (Å²) in [5.74, 6) is -1.51. The zero-order valence-corrected chi connectivity index (χ0v) is 17.1. The first-order valence-electron chi connectivity index (χ1n) is 9.89. The van der Waals surface area contributed by atoms with E-state index in [9.17, 15) is 9.59 Å². The van der Waals surface area contributed by atoms with E-state index in [0.717, 1.165) is 59.3 Å². The highest BCUT2D eigenvalue weighted by Crippen LogP contribution is 2.22. The topological polar surface area (TPSA) is 82.3 Å². The van der Waals surface area contributed by atoms with Gasteiger partial charge in [0.2, 0.25) is 0 Å². The largest absolute Gasteiger partial charge is 0.329 e. The van der Waals surface area contributed by atoms with Gasteiger partial charge in [-0.15, -0.1) is 0 Å². The van der Waals surface area contributed by atoms with Crippen molar-refractivity contribution in [2.24, 2.45) is 0 Å². The quantitative estimate of drug-likeness (QED) is 0.416. The Labute approximate surface area is 167 Å². The van der Waals surface area contributed by atoms with E-state index in [1.165, 1.54) is 0 Å². The number of carbonyl (C=O) groups is 2. The second-order valence-corrected chi connectivity index (χ2v) is 6.47. The molecule has 0 unspecified atom stereocenters. The maximum absolute atomic E-state index is 12.2. The van der Waals surface area contributed by atoms with Gasteiger partial charge in [-0.2, -0.15) is 0 Å². The summed E-state index contributed by atoms with van der Waals surface area (Å²) in [4.78, 5) is 24.4. The molecule has 0 saturated carbocycles. The summed E-state index contributed by atoms with van der Waals surface area (Å²) in [6.07, 6.45) is 3.31. The average molecular weight is 383 g/mol. The number of hydrogen-bond acceptors (Lipinski definition) is 4. The van der Waals surface area contributed by atoms with Gasteiger partial charge >= 0.3 is 11.8 Å². The number of para-hydroxylation sites is 2. The average Bonchev–Trinajstić information content (AvgIpc) is 2.74. The number of aryl methyl sites for hydroxylation is 4. The molecule has 0 fully saturated rings. The molecule has 0 aromatic heterocycles. The van der Waals surface area contributed by atoms with Crippen LogP contribution in [0.5, 0.6) is 0 Å². The lowest BCUT2D eigenvalue weighted by Gasteiger charge is -2.17. The summed E-state index contributed by atoms with van der Waals surface area (Å²) in [7, 11) is 0. The lowest BCUT2D eigenvalue weighted by atomic mass is 10.0. The summed E-state index contributed by atoms with van der Waals surface area (Å²) in [6.45, 7) is 8.20. The molecule has 6 nitrogen and oxygen atoms in total. The molecule has 0 bridgehead atoms. The SMILES string of the molecule is CCc1cccc(CC)c1NNC(=O)C(=O)NNc1c(CC)cccc1CC. The van der Waals surface area contributed by atoms with Crippen LogP contribution in [0.25, 0.3) is 0 Å². The Morgan fingerprint density at radius 2 is 0.893 bits per heavy atom. The molecule has 0 spiro atoms. The van der Waals surface area contributed by atoms with Crippen LogP contribution in [0.3, 0.4) is 0 Å². The first kappa shape index (κ1) is 21.3. The van der Waals surface area contributed by atoms with E-state index in [0.29, 0.717) is 0 Å². The van der Waals surface area contributed by atoms with Gasteiger partial charge < -0.3 is 0 Å². The molecule has 2 rings (SSSR count). The molecular formula is C22H30N4O2. The van der Waals surface area contributed by atoms with Gasteiger partial charge in [0.25, 0.3) is 0 Å². The third-order valence-corrected chi connectivity index (χ3v) is 4.81. The third kappa shape index (κ3) is 5.03. The third-order valence-electron chi connectivity index (χ3n) is 4.81. The monoisotopic (exact) mass is 382 g/mol. The molecule has 2 amide bonds. The van der Waals surface area contributed by atoms with E-state index < -0.39 is 11.8 Å². The maximum atomic E-state index is 12.2. The normalized spacial score (nSPS) is 10.3. The van der Waals surface area contributed by atoms with E-state index in [1.54, 1.807) is 0 Å². The first-order valence-corrected chi connectivity index (χ1v) is 9.89. The zero-order valence-electron chi connectivity index (χ0n) is 17.1. The van der Waals surface area contributed by atoms with Crippen LogP contribution in [0.4, 0.5) is 11.4 Å². The van der Waals surface area contributed by atoms with Crippen LogP contribution in [0.15, 0.2) is 36.4 Å². The van der Waals surface area contributed by atoms with E-state index in [2.05, 4.69) is 49.4 Å². The predicted molar refractivity (Wildman–Crippen MR) is 114 cm³/mol. The van der Waals surface area contributed by atoms with Crippen molar-refractivity contribution in [1.82, 2.24) is 10.9 Å². The summed E-state index contributed by atoms with van der Waals surface area (Å²) in [6, 6.07) is 12.0. The Bertz CT molecular complexity index is 719. The molecule has 0 aliphatic heterocycles. The number of benzene rings is 2. The van der Waals surface area contributed by atoms with Crippen molar-refractivity contribution in [2.45, 2.75) is 53.4 Å². The number of nitrogens with one attached hydrogen (secondary N) is 4. The second-order valence-electron chi connectivity index (χ2n) is 6.47. The number of amides is 2. The molecule has 150 valence electrons. The summed E-state index contributed by atoms with van der Waals surface area (Å²) < 4.78 is 0. The van der Waals surface area contributed by atoms with Gasteiger partial charge in [-0.05, 0) is 47.9 Å². The molecule has 6 heteroatoms. The van der Waals surface area contributed by atoms with Crippen molar-refractivity contribution in [3.63, 3.8) is 0 Å². The van der Waals surface area contributed by atoms with Crippen LogP contribution < -0.4 is 21.7 Å². The Morgan fingerprint density at radius 1 is 0.607 bits per heavy atom. The lowest BCUT2D eigenvalue weighted by molar-refractivity contribution is -0.138. The molecule has 2 aromatic rings. The van der Waals surface area contributed by atoms with Crippen LogP contribution in [0.2, 0.25) is 0 Å². The molecule has 0 saturated heterocycles. The van der Waals surface area contributed by atoms with Gasteiger partial charge in [0.15, 0.2) is 0 Å². The minimum Gasteiger partial charge on any atom is -0.298 e. The highest BCUT2D eigenvalue weighted by atomic mass is 16.2. The van der Waals surface area contributed by atoms with Crippen LogP contribution in [0, 0.1) is 0 Å². The van der Waals surface area contributed by atoms with Gasteiger partial charge in [-0.25, -0.2) is 0 Å². The first-order chi connectivity index (χ1) is 13.5. The van der Waals surface area contributed by atoms with Crippen molar-refractivity contribution < 1.29 is 9.59 Å². The number of anilines is 2. The Hall–Kier alpha value is -3.02. The van der Waals surface area contributed by atoms with Crippen LogP contribution >= 0.6 is 0 Å². The van der Waals surface area contributed by atoms with Crippen molar-refractivity contribution in [3.05, 3.63) is 58.7 Å². The van der Waals surface area contributed by atoms with E-state index in [4.69, 9.17) is 0 Å². The fraction of sp³-hybridized carbons (Fsp3) is 0.364. The maximum Gasteiger partial charge on any atom is 0.329 e. The lowest BCUT2D eigenvalue weighted by Crippen LogP contribution is -2.44. The minimum atomic E-state index is -0.757. The molecular weight excluding hydrogens is 352 g/mol. The smallest absolute Gasteiger partial charge is 0.298 e. The highest BCUT2D eigenvalue weighted by Gasteiger charge is 2.15. The van der Waals surface area contributed by atoms with Crippen LogP contribution in [-0.4, -0.2) is 11.8 Å². The molecule has 28 heavy (non-hydrogen) atoms. The number of rotatable bonds is 8. The fourth-order valence-corrected chi connectivity index (χ4v) is 3.16. The predicted octanol–water partition coefficient (Wildman–Crippen LogP) is 3.52. The van der Waals surface area contributed by atoms with Crippen molar-refractivity contribution in [2.75, 3.05) is 10.9 Å². The van der Waals surface area contributed by atoms with Crippen LogP contribution in [0.1, 0.15) is 49.9 Å². The Kier molecular flexibility index (Phi) is 7.87. The van der Waals surface area contributed by atoms with E-state index in [-0.39, 0.29) is 0 Å². The zero-order chi connectivity index (χ0) is 20.5. The molecule has 0 aliphatic rings. The number of carbonyl (C=O) groups excluding carboxylic acids is 2. The second kappa shape index (κ2) is 10.3. The van der Waals surface area contributed by atoms with Crippen LogP contribution in [-0.2, 0) is 35.3 Å². The van der Waals surface area contributed by atoms with Gasteiger partial charge in [-0.3, -0.25) is 31.3 Å². The van der Waals surface area contributed by atoms with Gasteiger partial charge in [0, 0.05) is 0 Å². The standard InChI is InChI=1S/C22H30N4O2/c1-5-15-11-9-12-16(6-2)19(15)23-25-21(27)22(28)26-24-20-17(7-3)13-10-14-18(20)8-4/h9-14,23-24H,5-8H2,1-4H3,(H,25,27)(H,26,28). The van der Waals surface area contributed by atoms with E-state index in [1.807, 2.05) is 36.4 Å². The summed E-state index contributed by atoms with van der Waals surface area (Å²) in [5, 5.41) is 0. The molecule has 4 N–H and O–H groups in total. The number of hydrazine groups is 2. The fourth-order valence-electron chi connectivity index (χ4n) is 3.16. The van der Waals surface area contributed by atoms with Gasteiger partial charge in [-0.1, -0.05) is 64.1 Å². The summed E-state index contributed by atoms with van der Waals surface area (Å²) >= 11 is 0. The van der Waals surface area contributed by atoms with Crippen molar-refractivity contribution in [1.29, 1.82) is 0 Å². The molecule has 0 aliphatic carbocycles. The van der Waals surface area contributed by atoms with E-state index >= 15 is 0 Å². The van der Waals surface area contributed by atoms with Gasteiger partial charge in [0.05, 0.1) is 11.4 Å². The van der Waals surface area contributed by atoms with Gasteiger partial charge in [0.1, 0.15) is 0 Å². The molecule has 0 radical (unpaired) electrons. The Balaban J connectivity index is 2.01. The molecule has 0 heterocycles. The molecule has 0 atom stereocenters. The molecule has 2 aromatic carbocycles. The van der Waals surface area contributed by atoms with Crippen molar-refractivity contribution in [3.8, 4) is 0 Å². The van der Waals surface area contributed by atoms with Crippen molar-refractivity contribution >= 4 is 23.2 Å². The Morgan fingerprint density at radius 3 is 1.14 bits per heavy atom. The summed E-state index contributed by atoms with van der Waals surface area (Å²) in [5.41, 5.74) is 16.9. The number of hydrogen-bond donors (Lipinski definition) is 4. The minimum absolute atomic E-state index is 0.757. The highest BCUT2D eigenvalue weighted by molar-refractivity contribution is 6.35.